The van der Waals surface area contributed by atoms with E-state index in [1.54, 1.807) is 23.8 Å². The number of hydrogen-bond donors (Lipinski definition) is 1. The molecule has 3 aliphatic rings. The zero-order chi connectivity index (χ0) is 21.7. The Bertz CT molecular complexity index is 1410. The number of carbonyl (C=O) groups excluding carboxylic acids is 1. The Kier molecular flexibility index (Phi) is 3.78. The largest absolute Gasteiger partial charge is 0.458 e. The topological polar surface area (TPSA) is 81.4 Å². The molecule has 0 fully saturated rings. The van der Waals surface area contributed by atoms with Crippen LogP contribution in [0.25, 0.3) is 22.3 Å². The van der Waals surface area contributed by atoms with Crippen LogP contribution in [0, 0.1) is 12.7 Å². The summed E-state index contributed by atoms with van der Waals surface area (Å²) < 4.78 is 21.3. The minimum atomic E-state index is -1.94. The first-order valence-corrected chi connectivity index (χ1v) is 11.4. The van der Waals surface area contributed by atoms with Crippen LogP contribution in [0.15, 0.2) is 16.9 Å². The van der Waals surface area contributed by atoms with Crippen molar-refractivity contribution >= 4 is 28.6 Å². The number of halogens is 1. The summed E-state index contributed by atoms with van der Waals surface area (Å²) in [7, 11) is 0. The summed E-state index contributed by atoms with van der Waals surface area (Å²) in [5.41, 5.74) is 5.78. The molecule has 2 aromatic heterocycles. The maximum absolute atomic E-state index is 14.6. The molecule has 1 N–H and O–H groups in total. The molecule has 158 valence electrons. The number of esters is 1. The van der Waals surface area contributed by atoms with E-state index in [1.165, 1.54) is 6.07 Å². The van der Waals surface area contributed by atoms with Gasteiger partial charge in [-0.1, -0.05) is 0 Å². The lowest BCUT2D eigenvalue weighted by Gasteiger charge is -2.30. The van der Waals surface area contributed by atoms with Crippen LogP contribution in [0.2, 0.25) is 0 Å². The standard InChI is InChI=1S/C23H19FN2O4S/c1-10-11-4-3-5-12-13-8-26-18(20(13)25-17(19(11)12)7-16(10)24)6-15-14(21(26)27)9-30-22(28)23(15,29)31-2/h6-7,29H,3-5,8-9H2,1-2H3. The lowest BCUT2D eigenvalue weighted by Crippen LogP contribution is -2.42. The molecule has 1 atom stereocenters. The van der Waals surface area contributed by atoms with Crippen molar-refractivity contribution in [3.63, 3.8) is 0 Å². The molecule has 3 aromatic rings. The van der Waals surface area contributed by atoms with Crippen molar-refractivity contribution < 1.29 is 19.0 Å². The first kappa shape index (κ1) is 19.0. The molecule has 31 heavy (non-hydrogen) atoms. The lowest BCUT2D eigenvalue weighted by atomic mass is 9.85. The molecule has 0 amide bonds. The van der Waals surface area contributed by atoms with Gasteiger partial charge < -0.3 is 14.4 Å². The summed E-state index contributed by atoms with van der Waals surface area (Å²) in [4.78, 5) is 28.5. The van der Waals surface area contributed by atoms with E-state index in [-0.39, 0.29) is 29.1 Å². The monoisotopic (exact) mass is 438 g/mol. The number of carbonyl (C=O) groups is 1. The molecule has 6 rings (SSSR count). The van der Waals surface area contributed by atoms with Crippen LogP contribution in [0.4, 0.5) is 4.39 Å². The molecule has 1 unspecified atom stereocenters. The number of thioether (sulfide) groups is 1. The molecule has 2 aliphatic heterocycles. The predicted octanol–water partition coefficient (Wildman–Crippen LogP) is 2.93. The summed E-state index contributed by atoms with van der Waals surface area (Å²) in [6.07, 6.45) is 4.17. The molecule has 8 heteroatoms. The Morgan fingerprint density at radius 1 is 1.19 bits per heavy atom. The Morgan fingerprint density at radius 2 is 1.97 bits per heavy atom. The second-order valence-corrected chi connectivity index (χ2v) is 9.36. The number of aromatic nitrogens is 2. The van der Waals surface area contributed by atoms with Crippen molar-refractivity contribution in [1.82, 2.24) is 9.55 Å². The number of ether oxygens (including phenoxy) is 1. The lowest BCUT2D eigenvalue weighted by molar-refractivity contribution is -0.161. The Hall–Kier alpha value is -2.71. The van der Waals surface area contributed by atoms with Crippen molar-refractivity contribution in [1.29, 1.82) is 0 Å². The zero-order valence-electron chi connectivity index (χ0n) is 17.0. The number of fused-ring (bicyclic) bond motifs is 5. The molecule has 0 bridgehead atoms. The van der Waals surface area contributed by atoms with Gasteiger partial charge in [-0.25, -0.2) is 14.2 Å². The van der Waals surface area contributed by atoms with Gasteiger partial charge in [-0.05, 0) is 55.2 Å². The molecule has 1 aromatic carbocycles. The van der Waals surface area contributed by atoms with Gasteiger partial charge in [-0.15, -0.1) is 11.8 Å². The van der Waals surface area contributed by atoms with Gasteiger partial charge in [-0.2, -0.15) is 0 Å². The maximum atomic E-state index is 14.6. The fraction of sp³-hybridized carbons (Fsp3) is 0.348. The fourth-order valence-corrected chi connectivity index (χ4v) is 5.91. The summed E-state index contributed by atoms with van der Waals surface area (Å²) in [5, 5.41) is 12.0. The van der Waals surface area contributed by atoms with Gasteiger partial charge in [0.2, 0.25) is 4.93 Å². The Labute approximate surface area is 181 Å². The number of pyridine rings is 2. The molecule has 6 nitrogen and oxygen atoms in total. The third-order valence-corrected chi connectivity index (χ3v) is 7.89. The number of nitrogens with zero attached hydrogens (tertiary/aromatic N) is 2. The smallest absolute Gasteiger partial charge is 0.354 e. The van der Waals surface area contributed by atoms with E-state index in [9.17, 15) is 19.1 Å². The first-order valence-electron chi connectivity index (χ1n) is 10.2. The van der Waals surface area contributed by atoms with Gasteiger partial charge in [0, 0.05) is 22.6 Å². The van der Waals surface area contributed by atoms with E-state index in [1.807, 2.05) is 0 Å². The third-order valence-electron chi connectivity index (χ3n) is 6.91. The van der Waals surface area contributed by atoms with Crippen molar-refractivity contribution in [2.45, 2.75) is 44.3 Å². The second-order valence-electron chi connectivity index (χ2n) is 8.36. The van der Waals surface area contributed by atoms with Gasteiger partial charge in [0.1, 0.15) is 12.4 Å². The molecule has 0 radical (unpaired) electrons. The first-order chi connectivity index (χ1) is 14.8. The van der Waals surface area contributed by atoms with Crippen molar-refractivity contribution in [2.75, 3.05) is 6.26 Å². The van der Waals surface area contributed by atoms with Crippen LogP contribution in [0.5, 0.6) is 0 Å². The summed E-state index contributed by atoms with van der Waals surface area (Å²) in [6, 6.07) is 3.15. The number of aliphatic hydroxyl groups is 1. The SMILES string of the molecule is CSC1(O)C(=O)OCc2c1cc1n(c2=O)Cc2c-1nc1cc(F)c(C)c3c1c2CCC3. The fourth-order valence-electron chi connectivity index (χ4n) is 5.29. The quantitative estimate of drug-likeness (QED) is 0.364. The molecule has 1 aliphatic carbocycles. The summed E-state index contributed by atoms with van der Waals surface area (Å²) in [6.45, 7) is 2.01. The number of cyclic esters (lactones) is 1. The molecule has 4 heterocycles. The van der Waals surface area contributed by atoms with Gasteiger partial charge in [-0.3, -0.25) is 4.79 Å². The number of hydrogen-bond acceptors (Lipinski definition) is 6. The van der Waals surface area contributed by atoms with Crippen LogP contribution < -0.4 is 5.56 Å². The number of aryl methyl sites for hydroxylation is 2. The Balaban J connectivity index is 1.68. The average Bonchev–Trinajstić information content (AvgIpc) is 3.14. The molecule has 0 saturated carbocycles. The van der Waals surface area contributed by atoms with Gasteiger partial charge in [0.05, 0.1) is 29.0 Å². The minimum absolute atomic E-state index is 0.163. The van der Waals surface area contributed by atoms with Crippen LogP contribution in [0.1, 0.15) is 39.8 Å². The highest BCUT2D eigenvalue weighted by atomic mass is 32.2. The van der Waals surface area contributed by atoms with Gasteiger partial charge >= 0.3 is 5.97 Å². The van der Waals surface area contributed by atoms with Crippen LogP contribution in [0.3, 0.4) is 0 Å². The molecule has 0 spiro atoms. The number of benzene rings is 1. The highest BCUT2D eigenvalue weighted by Crippen LogP contribution is 2.44. The normalized spacial score (nSPS) is 21.0. The summed E-state index contributed by atoms with van der Waals surface area (Å²) in [5.74, 6) is -1.05. The summed E-state index contributed by atoms with van der Waals surface area (Å²) >= 11 is 0.922. The van der Waals surface area contributed by atoms with Crippen molar-refractivity contribution in [3.05, 3.63) is 61.7 Å². The van der Waals surface area contributed by atoms with Crippen molar-refractivity contribution in [3.8, 4) is 11.4 Å². The second kappa shape index (κ2) is 6.17. The zero-order valence-corrected chi connectivity index (χ0v) is 17.9. The van der Waals surface area contributed by atoms with E-state index in [0.717, 1.165) is 53.1 Å². The van der Waals surface area contributed by atoms with Gasteiger partial charge in [0.15, 0.2) is 0 Å². The van der Waals surface area contributed by atoms with E-state index in [0.29, 0.717) is 29.0 Å². The van der Waals surface area contributed by atoms with Crippen molar-refractivity contribution in [2.24, 2.45) is 0 Å². The van der Waals surface area contributed by atoms with Crippen LogP contribution >= 0.6 is 11.8 Å². The van der Waals surface area contributed by atoms with E-state index >= 15 is 0 Å². The molecular weight excluding hydrogens is 419 g/mol. The highest BCUT2D eigenvalue weighted by molar-refractivity contribution is 8.00. The Morgan fingerprint density at radius 3 is 2.74 bits per heavy atom. The van der Waals surface area contributed by atoms with E-state index in [2.05, 4.69) is 0 Å². The minimum Gasteiger partial charge on any atom is -0.458 e. The van der Waals surface area contributed by atoms with Crippen LogP contribution in [-0.2, 0) is 40.5 Å². The third kappa shape index (κ3) is 2.29. The van der Waals surface area contributed by atoms with E-state index in [4.69, 9.17) is 9.72 Å². The molecule has 0 saturated heterocycles. The highest BCUT2D eigenvalue weighted by Gasteiger charge is 2.46. The average molecular weight is 438 g/mol. The predicted molar refractivity (Wildman–Crippen MR) is 114 cm³/mol. The van der Waals surface area contributed by atoms with Gasteiger partial charge in [0.25, 0.3) is 5.56 Å². The van der Waals surface area contributed by atoms with E-state index < -0.39 is 10.9 Å². The van der Waals surface area contributed by atoms with Crippen LogP contribution in [-0.4, -0.2) is 26.9 Å². The molecular formula is C23H19FN2O4S. The maximum Gasteiger partial charge on any atom is 0.354 e. The number of rotatable bonds is 1.